The Morgan fingerprint density at radius 2 is 2.04 bits per heavy atom. The van der Waals surface area contributed by atoms with E-state index in [0.717, 1.165) is 11.1 Å². The molecule has 118 valence electrons. The van der Waals surface area contributed by atoms with Crippen LogP contribution in [0.4, 0.5) is 4.39 Å². The summed E-state index contributed by atoms with van der Waals surface area (Å²) >= 11 is 1.35. The molecule has 2 aromatic heterocycles. The van der Waals surface area contributed by atoms with E-state index in [1.807, 2.05) is 5.38 Å². The summed E-state index contributed by atoms with van der Waals surface area (Å²) in [5.41, 5.74) is 1.26. The van der Waals surface area contributed by atoms with Gasteiger partial charge < -0.3 is 5.11 Å². The molecule has 0 aliphatic rings. The minimum absolute atomic E-state index is 0.00106. The summed E-state index contributed by atoms with van der Waals surface area (Å²) in [4.78, 5) is 28.1. The van der Waals surface area contributed by atoms with Gasteiger partial charge in [-0.15, -0.1) is 11.3 Å². The third kappa shape index (κ3) is 3.14. The fraction of sp³-hybridized carbons (Fsp3) is 0.188. The molecular formula is C16H13FN2O3S. The molecule has 1 N–H and O–H groups in total. The quantitative estimate of drug-likeness (QED) is 0.779. The summed E-state index contributed by atoms with van der Waals surface area (Å²) < 4.78 is 14.5. The molecule has 0 fully saturated rings. The number of hydrogen-bond acceptors (Lipinski definition) is 4. The SMILES string of the molecule is O=C(O)CCCn1cnc2scc(-c3ccc(F)cc3)c2c1=O. The van der Waals surface area contributed by atoms with Gasteiger partial charge >= 0.3 is 5.97 Å². The fourth-order valence-electron chi connectivity index (χ4n) is 2.37. The van der Waals surface area contributed by atoms with Crippen LogP contribution in [0.15, 0.2) is 40.8 Å². The van der Waals surface area contributed by atoms with Gasteiger partial charge in [0.05, 0.1) is 11.7 Å². The van der Waals surface area contributed by atoms with Gasteiger partial charge in [-0.25, -0.2) is 9.37 Å². The van der Waals surface area contributed by atoms with Gasteiger partial charge in [-0.05, 0) is 24.1 Å². The molecule has 0 saturated carbocycles. The van der Waals surface area contributed by atoms with Crippen LogP contribution >= 0.6 is 11.3 Å². The lowest BCUT2D eigenvalue weighted by Crippen LogP contribution is -2.20. The first-order valence-corrected chi connectivity index (χ1v) is 7.88. The molecule has 7 heteroatoms. The van der Waals surface area contributed by atoms with Crippen molar-refractivity contribution in [3.05, 3.63) is 52.1 Å². The molecule has 0 atom stereocenters. The molecule has 0 amide bonds. The standard InChI is InChI=1S/C16H13FN2O3S/c17-11-5-3-10(4-6-11)12-8-23-15-14(12)16(22)19(9-18-15)7-1-2-13(20)21/h3-6,8-9H,1-2,7H2,(H,20,21). The van der Waals surface area contributed by atoms with Crippen molar-refractivity contribution < 1.29 is 14.3 Å². The van der Waals surface area contributed by atoms with Crippen LogP contribution in [-0.2, 0) is 11.3 Å². The van der Waals surface area contributed by atoms with Gasteiger partial charge in [-0.1, -0.05) is 12.1 Å². The summed E-state index contributed by atoms with van der Waals surface area (Å²) in [6.07, 6.45) is 1.80. The molecular weight excluding hydrogens is 319 g/mol. The van der Waals surface area contributed by atoms with Crippen LogP contribution in [-0.4, -0.2) is 20.6 Å². The third-order valence-electron chi connectivity index (χ3n) is 3.51. The average Bonchev–Trinajstić information content (AvgIpc) is 2.95. The molecule has 5 nitrogen and oxygen atoms in total. The number of benzene rings is 1. The number of thiophene rings is 1. The number of carbonyl (C=O) groups is 1. The zero-order valence-corrected chi connectivity index (χ0v) is 12.8. The summed E-state index contributed by atoms with van der Waals surface area (Å²) in [7, 11) is 0. The van der Waals surface area contributed by atoms with E-state index in [-0.39, 0.29) is 17.8 Å². The normalized spacial score (nSPS) is 11.0. The Morgan fingerprint density at radius 1 is 1.30 bits per heavy atom. The van der Waals surface area contributed by atoms with E-state index in [1.54, 1.807) is 12.1 Å². The number of aliphatic carboxylic acids is 1. The van der Waals surface area contributed by atoms with Crippen molar-refractivity contribution in [3.8, 4) is 11.1 Å². The molecule has 0 aliphatic heterocycles. The van der Waals surface area contributed by atoms with Crippen LogP contribution < -0.4 is 5.56 Å². The Labute approximate surface area is 134 Å². The molecule has 3 rings (SSSR count). The Bertz CT molecular complexity index is 915. The maximum Gasteiger partial charge on any atom is 0.303 e. The highest BCUT2D eigenvalue weighted by Crippen LogP contribution is 2.30. The molecule has 0 unspecified atom stereocenters. The van der Waals surface area contributed by atoms with E-state index >= 15 is 0 Å². The highest BCUT2D eigenvalue weighted by molar-refractivity contribution is 7.17. The molecule has 3 aromatic rings. The maximum atomic E-state index is 13.1. The van der Waals surface area contributed by atoms with Crippen molar-refractivity contribution in [1.82, 2.24) is 9.55 Å². The van der Waals surface area contributed by atoms with E-state index in [9.17, 15) is 14.0 Å². The first kappa shape index (κ1) is 15.4. The van der Waals surface area contributed by atoms with E-state index in [1.165, 1.54) is 34.4 Å². The van der Waals surface area contributed by atoms with Crippen molar-refractivity contribution >= 4 is 27.5 Å². The molecule has 0 bridgehead atoms. The Hall–Kier alpha value is -2.54. The highest BCUT2D eigenvalue weighted by atomic mass is 32.1. The van der Waals surface area contributed by atoms with Gasteiger partial charge in [-0.3, -0.25) is 14.2 Å². The number of aryl methyl sites for hydroxylation is 1. The molecule has 1 aromatic carbocycles. The van der Waals surface area contributed by atoms with E-state index in [0.29, 0.717) is 23.2 Å². The van der Waals surface area contributed by atoms with Crippen molar-refractivity contribution in [1.29, 1.82) is 0 Å². The molecule has 23 heavy (non-hydrogen) atoms. The van der Waals surface area contributed by atoms with Gasteiger partial charge in [0.2, 0.25) is 0 Å². The lowest BCUT2D eigenvalue weighted by molar-refractivity contribution is -0.137. The minimum atomic E-state index is -0.894. The first-order valence-electron chi connectivity index (χ1n) is 7.00. The maximum absolute atomic E-state index is 13.1. The Balaban J connectivity index is 2.02. The molecule has 0 saturated heterocycles. The monoisotopic (exact) mass is 332 g/mol. The van der Waals surface area contributed by atoms with Crippen LogP contribution in [0, 0.1) is 5.82 Å². The van der Waals surface area contributed by atoms with Crippen molar-refractivity contribution in [2.75, 3.05) is 0 Å². The number of carboxylic acid groups (broad SMARTS) is 1. The zero-order valence-electron chi connectivity index (χ0n) is 12.0. The van der Waals surface area contributed by atoms with Crippen LogP contribution in [0.3, 0.4) is 0 Å². The van der Waals surface area contributed by atoms with Crippen LogP contribution in [0.1, 0.15) is 12.8 Å². The molecule has 0 radical (unpaired) electrons. The van der Waals surface area contributed by atoms with Crippen molar-refractivity contribution in [3.63, 3.8) is 0 Å². The first-order chi connectivity index (χ1) is 11.1. The van der Waals surface area contributed by atoms with Gasteiger partial charge in [-0.2, -0.15) is 0 Å². The van der Waals surface area contributed by atoms with Gasteiger partial charge in [0.1, 0.15) is 10.6 Å². The second kappa shape index (κ2) is 6.29. The Kier molecular flexibility index (Phi) is 4.20. The number of nitrogens with zero attached hydrogens (tertiary/aromatic N) is 2. The molecule has 0 aliphatic carbocycles. The number of halogens is 1. The summed E-state index contributed by atoms with van der Waals surface area (Å²) in [5.74, 6) is -1.23. The number of rotatable bonds is 5. The summed E-state index contributed by atoms with van der Waals surface area (Å²) in [5, 5.41) is 11.0. The van der Waals surface area contributed by atoms with Crippen molar-refractivity contribution in [2.24, 2.45) is 0 Å². The number of carboxylic acids is 1. The fourth-order valence-corrected chi connectivity index (χ4v) is 3.28. The highest BCUT2D eigenvalue weighted by Gasteiger charge is 2.13. The number of fused-ring (bicyclic) bond motifs is 1. The second-order valence-corrected chi connectivity index (χ2v) is 5.93. The summed E-state index contributed by atoms with van der Waals surface area (Å²) in [6.45, 7) is 0.298. The summed E-state index contributed by atoms with van der Waals surface area (Å²) in [6, 6.07) is 5.94. The zero-order chi connectivity index (χ0) is 16.4. The van der Waals surface area contributed by atoms with Crippen LogP contribution in [0.25, 0.3) is 21.3 Å². The number of aromatic nitrogens is 2. The van der Waals surface area contributed by atoms with E-state index in [4.69, 9.17) is 5.11 Å². The van der Waals surface area contributed by atoms with Gasteiger partial charge in [0.15, 0.2) is 0 Å². The predicted molar refractivity (Wildman–Crippen MR) is 86.1 cm³/mol. The Morgan fingerprint density at radius 3 is 2.74 bits per heavy atom. The van der Waals surface area contributed by atoms with Crippen LogP contribution in [0.5, 0.6) is 0 Å². The van der Waals surface area contributed by atoms with E-state index in [2.05, 4.69) is 4.98 Å². The topological polar surface area (TPSA) is 72.2 Å². The molecule has 0 spiro atoms. The molecule has 2 heterocycles. The van der Waals surface area contributed by atoms with Gasteiger partial charge in [0.25, 0.3) is 5.56 Å². The van der Waals surface area contributed by atoms with Crippen LogP contribution in [0.2, 0.25) is 0 Å². The lowest BCUT2D eigenvalue weighted by atomic mass is 10.1. The largest absolute Gasteiger partial charge is 0.481 e. The lowest BCUT2D eigenvalue weighted by Gasteiger charge is -2.05. The average molecular weight is 332 g/mol. The number of hydrogen-bond donors (Lipinski definition) is 1. The second-order valence-electron chi connectivity index (χ2n) is 5.08. The smallest absolute Gasteiger partial charge is 0.303 e. The van der Waals surface area contributed by atoms with E-state index < -0.39 is 5.97 Å². The minimum Gasteiger partial charge on any atom is -0.481 e. The predicted octanol–water partition coefficient (Wildman–Crippen LogP) is 3.13. The third-order valence-corrected chi connectivity index (χ3v) is 4.39. The van der Waals surface area contributed by atoms with Gasteiger partial charge in [0, 0.05) is 23.9 Å². The van der Waals surface area contributed by atoms with Crippen molar-refractivity contribution in [2.45, 2.75) is 19.4 Å².